The molecule has 2 heterocycles. The smallest absolute Gasteiger partial charge is 0.416 e. The number of anilines is 1. The largest absolute Gasteiger partial charge is 0.473 e. The van der Waals surface area contributed by atoms with Crippen molar-refractivity contribution in [2.45, 2.75) is 46.0 Å². The lowest BCUT2D eigenvalue weighted by molar-refractivity contribution is -0.137. The number of ether oxygens (including phenoxy) is 2. The van der Waals surface area contributed by atoms with E-state index in [1.807, 2.05) is 11.0 Å². The summed E-state index contributed by atoms with van der Waals surface area (Å²) in [6.07, 6.45) is 1.93. The molecular weight excluding hydrogens is 501 g/mol. The Morgan fingerprint density at radius 3 is 1.97 bits per heavy atom. The summed E-state index contributed by atoms with van der Waals surface area (Å²) in [5, 5.41) is 0. The minimum absolute atomic E-state index is 0.295. The standard InChI is InChI=1S/C32H31F3N2O2/c1-21-3-10-29(22(2)13-21)37-18-26-16-24(5-12-31(26)39-20-37)14-23-4-11-30-25(15-23)17-36(19-38-30)28-8-6-27(7-9-28)32(33,34)35/h3-12,15-16,22H,13-14,17-20H2,1-2H3. The zero-order chi connectivity index (χ0) is 27.1. The first kappa shape index (κ1) is 25.4. The second-order valence-corrected chi connectivity index (χ2v) is 10.8. The molecule has 2 aliphatic heterocycles. The monoisotopic (exact) mass is 532 g/mol. The average molecular weight is 533 g/mol. The fourth-order valence-electron chi connectivity index (χ4n) is 5.70. The fourth-order valence-corrected chi connectivity index (χ4v) is 5.70. The molecule has 39 heavy (non-hydrogen) atoms. The summed E-state index contributed by atoms with van der Waals surface area (Å²) in [5.41, 5.74) is 7.35. The molecule has 3 aromatic carbocycles. The molecule has 1 aliphatic carbocycles. The minimum atomic E-state index is -4.35. The van der Waals surface area contributed by atoms with Gasteiger partial charge >= 0.3 is 6.18 Å². The van der Waals surface area contributed by atoms with E-state index in [1.165, 1.54) is 34.5 Å². The predicted octanol–water partition coefficient (Wildman–Crippen LogP) is 7.67. The molecular formula is C32H31F3N2O2. The summed E-state index contributed by atoms with van der Waals surface area (Å²) in [6.45, 7) is 6.71. The summed E-state index contributed by atoms with van der Waals surface area (Å²) in [6, 6.07) is 17.9. The third-order valence-corrected chi connectivity index (χ3v) is 7.73. The van der Waals surface area contributed by atoms with Crippen molar-refractivity contribution in [3.63, 3.8) is 0 Å². The van der Waals surface area contributed by atoms with Gasteiger partial charge in [-0.3, -0.25) is 0 Å². The van der Waals surface area contributed by atoms with Crippen LogP contribution in [-0.4, -0.2) is 18.4 Å². The van der Waals surface area contributed by atoms with Gasteiger partial charge < -0.3 is 19.3 Å². The van der Waals surface area contributed by atoms with Crippen LogP contribution in [0, 0.1) is 5.92 Å². The van der Waals surface area contributed by atoms with E-state index in [4.69, 9.17) is 9.47 Å². The fraction of sp³-hybridized carbons (Fsp3) is 0.312. The van der Waals surface area contributed by atoms with E-state index in [0.29, 0.717) is 31.6 Å². The van der Waals surface area contributed by atoms with E-state index < -0.39 is 11.7 Å². The quantitative estimate of drug-likeness (QED) is 0.344. The topological polar surface area (TPSA) is 24.9 Å². The Balaban J connectivity index is 1.16. The number of alkyl halides is 3. The van der Waals surface area contributed by atoms with Gasteiger partial charge in [0.25, 0.3) is 0 Å². The van der Waals surface area contributed by atoms with Gasteiger partial charge in [0.1, 0.15) is 11.5 Å². The van der Waals surface area contributed by atoms with Crippen molar-refractivity contribution in [1.29, 1.82) is 0 Å². The van der Waals surface area contributed by atoms with Gasteiger partial charge in [-0.25, -0.2) is 0 Å². The maximum absolute atomic E-state index is 13.0. The van der Waals surface area contributed by atoms with Gasteiger partial charge in [-0.15, -0.1) is 0 Å². The van der Waals surface area contributed by atoms with Crippen molar-refractivity contribution in [1.82, 2.24) is 4.90 Å². The Labute approximate surface area is 227 Å². The van der Waals surface area contributed by atoms with E-state index >= 15 is 0 Å². The summed E-state index contributed by atoms with van der Waals surface area (Å²) in [7, 11) is 0. The molecule has 0 amide bonds. The van der Waals surface area contributed by atoms with E-state index in [0.717, 1.165) is 54.1 Å². The SMILES string of the molecule is CC1=CC=C(N2COc3ccc(Cc4ccc5c(c4)CN(c4ccc(C(F)(F)F)cc4)CO5)cc3C2)C(C)C1. The molecule has 0 radical (unpaired) electrons. The highest BCUT2D eigenvalue weighted by Gasteiger charge is 2.30. The Bertz CT molecular complexity index is 1440. The maximum atomic E-state index is 13.0. The molecule has 0 fully saturated rings. The van der Waals surface area contributed by atoms with Crippen molar-refractivity contribution >= 4 is 5.69 Å². The lowest BCUT2D eigenvalue weighted by Crippen LogP contribution is -2.34. The zero-order valence-electron chi connectivity index (χ0n) is 22.1. The van der Waals surface area contributed by atoms with Crippen LogP contribution in [0.15, 0.2) is 84.1 Å². The first-order chi connectivity index (χ1) is 18.7. The van der Waals surface area contributed by atoms with Crippen molar-refractivity contribution in [3.8, 4) is 11.5 Å². The van der Waals surface area contributed by atoms with Crippen LogP contribution in [0.5, 0.6) is 11.5 Å². The van der Waals surface area contributed by atoms with Gasteiger partial charge in [-0.1, -0.05) is 30.7 Å². The summed E-state index contributed by atoms with van der Waals surface area (Å²) >= 11 is 0. The molecule has 0 aromatic heterocycles. The van der Waals surface area contributed by atoms with Crippen LogP contribution >= 0.6 is 0 Å². The Morgan fingerprint density at radius 2 is 1.38 bits per heavy atom. The van der Waals surface area contributed by atoms with Gasteiger partial charge in [-0.2, -0.15) is 13.2 Å². The van der Waals surface area contributed by atoms with Gasteiger partial charge in [-0.05, 0) is 91.4 Å². The third-order valence-electron chi connectivity index (χ3n) is 7.73. The van der Waals surface area contributed by atoms with E-state index in [1.54, 1.807) is 0 Å². The van der Waals surface area contributed by atoms with Crippen LogP contribution in [0.3, 0.4) is 0 Å². The third kappa shape index (κ3) is 5.35. The van der Waals surface area contributed by atoms with Gasteiger partial charge in [0.05, 0.1) is 5.56 Å². The molecule has 6 rings (SSSR count). The molecule has 1 unspecified atom stereocenters. The number of rotatable bonds is 4. The first-order valence-electron chi connectivity index (χ1n) is 13.3. The molecule has 0 bridgehead atoms. The van der Waals surface area contributed by atoms with Crippen molar-refractivity contribution in [3.05, 3.63) is 112 Å². The Hall–Kier alpha value is -3.87. The van der Waals surface area contributed by atoms with Crippen molar-refractivity contribution < 1.29 is 22.6 Å². The maximum Gasteiger partial charge on any atom is 0.416 e. The lowest BCUT2D eigenvalue weighted by atomic mass is 9.92. The number of hydrogen-bond donors (Lipinski definition) is 0. The molecule has 3 aromatic rings. The minimum Gasteiger partial charge on any atom is -0.473 e. The molecule has 1 atom stereocenters. The highest BCUT2D eigenvalue weighted by atomic mass is 19.4. The number of fused-ring (bicyclic) bond motifs is 2. The van der Waals surface area contributed by atoms with Crippen LogP contribution < -0.4 is 14.4 Å². The molecule has 0 N–H and O–H groups in total. The molecule has 4 nitrogen and oxygen atoms in total. The first-order valence-corrected chi connectivity index (χ1v) is 13.3. The van der Waals surface area contributed by atoms with E-state index in [9.17, 15) is 13.2 Å². The number of halogens is 3. The second-order valence-electron chi connectivity index (χ2n) is 10.8. The summed E-state index contributed by atoms with van der Waals surface area (Å²) < 4.78 is 50.9. The normalized spacial score (nSPS) is 18.8. The van der Waals surface area contributed by atoms with E-state index in [-0.39, 0.29) is 0 Å². The average Bonchev–Trinajstić information content (AvgIpc) is 2.92. The van der Waals surface area contributed by atoms with Crippen molar-refractivity contribution in [2.24, 2.45) is 5.92 Å². The van der Waals surface area contributed by atoms with Crippen LogP contribution in [0.4, 0.5) is 18.9 Å². The summed E-state index contributed by atoms with van der Waals surface area (Å²) in [5.74, 6) is 2.23. The Morgan fingerprint density at radius 1 is 0.795 bits per heavy atom. The van der Waals surface area contributed by atoms with E-state index in [2.05, 4.69) is 61.2 Å². The molecule has 0 spiro atoms. The highest BCUT2D eigenvalue weighted by molar-refractivity contribution is 5.52. The van der Waals surface area contributed by atoms with Gasteiger partial charge in [0.2, 0.25) is 0 Å². The number of hydrogen-bond acceptors (Lipinski definition) is 4. The predicted molar refractivity (Wildman–Crippen MR) is 145 cm³/mol. The molecule has 202 valence electrons. The summed E-state index contributed by atoms with van der Waals surface area (Å²) in [4.78, 5) is 4.26. The lowest BCUT2D eigenvalue weighted by Gasteiger charge is -2.36. The number of nitrogens with zero attached hydrogens (tertiary/aromatic N) is 2. The van der Waals surface area contributed by atoms with Crippen LogP contribution in [0.1, 0.15) is 48.1 Å². The zero-order valence-corrected chi connectivity index (χ0v) is 22.1. The van der Waals surface area contributed by atoms with Crippen LogP contribution in [-0.2, 0) is 25.7 Å². The van der Waals surface area contributed by atoms with Gasteiger partial charge in [0.15, 0.2) is 13.5 Å². The van der Waals surface area contributed by atoms with Crippen LogP contribution in [0.25, 0.3) is 0 Å². The van der Waals surface area contributed by atoms with Crippen LogP contribution in [0.2, 0.25) is 0 Å². The number of benzene rings is 3. The molecule has 7 heteroatoms. The molecule has 0 saturated carbocycles. The molecule has 0 saturated heterocycles. The molecule has 3 aliphatic rings. The van der Waals surface area contributed by atoms with Crippen molar-refractivity contribution in [2.75, 3.05) is 18.4 Å². The number of allylic oxidation sites excluding steroid dienone is 4. The van der Waals surface area contributed by atoms with Gasteiger partial charge in [0, 0.05) is 35.6 Å². The second kappa shape index (κ2) is 10.0. The Kier molecular flexibility index (Phi) is 6.53. The highest BCUT2D eigenvalue weighted by Crippen LogP contribution is 2.35.